The normalized spacial score (nSPS) is 12.8. The van der Waals surface area contributed by atoms with Gasteiger partial charge in [-0.25, -0.2) is 0 Å². The maximum absolute atomic E-state index is 12.5. The molecule has 0 aliphatic rings. The van der Waals surface area contributed by atoms with Crippen LogP contribution in [0.3, 0.4) is 0 Å². The van der Waals surface area contributed by atoms with Crippen LogP contribution in [0.1, 0.15) is 348 Å². The molecule has 0 spiro atoms. The van der Waals surface area contributed by atoms with Crippen LogP contribution in [0.25, 0.3) is 0 Å². The highest BCUT2D eigenvalue weighted by Crippen LogP contribution is 2.17. The van der Waals surface area contributed by atoms with Crippen molar-refractivity contribution in [2.45, 2.75) is 360 Å². The Bertz CT molecular complexity index is 1170. The minimum Gasteiger partial charge on any atom is -0.466 e. The Morgan fingerprint density at radius 1 is 0.389 bits per heavy atom. The number of esters is 1. The number of carbonyl (C=O) groups excluding carboxylic acids is 2. The van der Waals surface area contributed by atoms with Gasteiger partial charge in [-0.1, -0.05) is 307 Å². The molecule has 0 saturated carbocycles. The molecule has 424 valence electrons. The molecule has 0 aliphatic heterocycles. The molecule has 2 unspecified atom stereocenters. The number of hydrogen-bond acceptors (Lipinski definition) is 5. The van der Waals surface area contributed by atoms with E-state index in [4.69, 9.17) is 4.74 Å². The summed E-state index contributed by atoms with van der Waals surface area (Å²) < 4.78 is 5.47. The van der Waals surface area contributed by atoms with Crippen LogP contribution in [0.4, 0.5) is 0 Å². The first-order chi connectivity index (χ1) is 35.5. The molecule has 6 heteroatoms. The second kappa shape index (κ2) is 61.6. The lowest BCUT2D eigenvalue weighted by Crippen LogP contribution is -2.45. The van der Waals surface area contributed by atoms with Gasteiger partial charge in [0.15, 0.2) is 0 Å². The number of rotatable bonds is 60. The number of ether oxygens (including phenoxy) is 1. The summed E-state index contributed by atoms with van der Waals surface area (Å²) in [6, 6.07) is -0.628. The third-order valence-corrected chi connectivity index (χ3v) is 14.9. The van der Waals surface area contributed by atoms with E-state index < -0.39 is 12.1 Å². The van der Waals surface area contributed by atoms with Gasteiger partial charge in [0, 0.05) is 12.8 Å². The van der Waals surface area contributed by atoms with Crippen LogP contribution < -0.4 is 5.32 Å². The summed E-state index contributed by atoms with van der Waals surface area (Å²) in [5.41, 5.74) is 0. The van der Waals surface area contributed by atoms with E-state index in [1.54, 1.807) is 6.08 Å². The van der Waals surface area contributed by atoms with Gasteiger partial charge in [-0.3, -0.25) is 9.59 Å². The first-order valence-electron chi connectivity index (χ1n) is 32.3. The fraction of sp³-hybridized carbons (Fsp3) is 0.879. The number of amides is 1. The molecule has 0 radical (unpaired) electrons. The molecule has 0 aliphatic carbocycles. The standard InChI is InChI=1S/C66H125NO5/c1-3-5-7-9-11-13-15-17-35-38-42-46-50-54-58-64(69)63(62-68)67-65(70)59-55-51-47-43-39-36-33-31-29-27-25-23-21-19-18-20-22-24-26-28-30-32-34-37-41-45-49-53-57-61-72-66(71)60-56-52-48-44-40-16-14-12-10-8-6-4-2/h18,20,24,26,54,58,63-64,68-69H,3-17,19,21-23,25,27-53,55-57,59-62H2,1-2H3,(H,67,70)/b20-18-,26-24-,58-54+. The van der Waals surface area contributed by atoms with Crippen molar-refractivity contribution in [3.8, 4) is 0 Å². The van der Waals surface area contributed by atoms with Crippen molar-refractivity contribution >= 4 is 11.9 Å². The molecule has 0 aromatic carbocycles. The number of hydrogen-bond donors (Lipinski definition) is 3. The Balaban J connectivity index is 3.42. The second-order valence-electron chi connectivity index (χ2n) is 22.1. The number of aliphatic hydroxyl groups is 2. The van der Waals surface area contributed by atoms with Crippen molar-refractivity contribution in [1.82, 2.24) is 5.32 Å². The molecule has 0 aromatic heterocycles. The zero-order valence-corrected chi connectivity index (χ0v) is 48.4. The van der Waals surface area contributed by atoms with Crippen molar-refractivity contribution in [2.75, 3.05) is 13.2 Å². The SMILES string of the molecule is CCCCCCCCCCCCCC/C=C/C(O)C(CO)NC(=O)CCCCCCCCCCCCCCC/C=C\C/C=C\CCCCCCCCCCCOC(=O)CCCCCCCCCCCCCC. The molecular formula is C66H125NO5. The Kier molecular flexibility index (Phi) is 60.0. The number of nitrogens with one attached hydrogen (secondary N) is 1. The van der Waals surface area contributed by atoms with Crippen molar-refractivity contribution in [2.24, 2.45) is 0 Å². The second-order valence-corrected chi connectivity index (χ2v) is 22.1. The lowest BCUT2D eigenvalue weighted by molar-refractivity contribution is -0.143. The van der Waals surface area contributed by atoms with Crippen molar-refractivity contribution in [1.29, 1.82) is 0 Å². The Labute approximate surface area is 449 Å². The van der Waals surface area contributed by atoms with Crippen molar-refractivity contribution < 1.29 is 24.5 Å². The maximum Gasteiger partial charge on any atom is 0.305 e. The minimum atomic E-state index is -0.845. The van der Waals surface area contributed by atoms with Gasteiger partial charge in [-0.05, 0) is 64.2 Å². The first kappa shape index (κ1) is 70.1. The van der Waals surface area contributed by atoms with Gasteiger partial charge in [0.25, 0.3) is 0 Å². The van der Waals surface area contributed by atoms with Crippen molar-refractivity contribution in [3.05, 3.63) is 36.5 Å². The first-order valence-corrected chi connectivity index (χ1v) is 32.3. The monoisotopic (exact) mass is 1010 g/mol. The molecule has 0 heterocycles. The largest absolute Gasteiger partial charge is 0.466 e. The van der Waals surface area contributed by atoms with Gasteiger partial charge in [-0.15, -0.1) is 0 Å². The van der Waals surface area contributed by atoms with Crippen LogP contribution in [0.15, 0.2) is 36.5 Å². The molecule has 0 aromatic rings. The Hall–Kier alpha value is -1.92. The van der Waals surface area contributed by atoms with E-state index in [1.807, 2.05) is 6.08 Å². The average Bonchev–Trinajstić information content (AvgIpc) is 3.38. The predicted molar refractivity (Wildman–Crippen MR) is 315 cm³/mol. The van der Waals surface area contributed by atoms with Gasteiger partial charge >= 0.3 is 5.97 Å². The van der Waals surface area contributed by atoms with E-state index in [9.17, 15) is 19.8 Å². The fourth-order valence-electron chi connectivity index (χ4n) is 9.96. The summed E-state index contributed by atoms with van der Waals surface area (Å²) in [6.07, 6.45) is 77.7. The van der Waals surface area contributed by atoms with Gasteiger partial charge in [0.05, 0.1) is 25.4 Å². The molecule has 1 amide bonds. The van der Waals surface area contributed by atoms with E-state index in [0.29, 0.717) is 19.4 Å². The predicted octanol–water partition coefficient (Wildman–Crippen LogP) is 20.4. The van der Waals surface area contributed by atoms with E-state index in [-0.39, 0.29) is 18.5 Å². The van der Waals surface area contributed by atoms with Gasteiger partial charge < -0.3 is 20.3 Å². The lowest BCUT2D eigenvalue weighted by Gasteiger charge is -2.20. The van der Waals surface area contributed by atoms with Gasteiger partial charge in [0.1, 0.15) is 0 Å². The molecule has 0 saturated heterocycles. The average molecular weight is 1010 g/mol. The number of allylic oxidation sites excluding steroid dienone is 5. The molecular weight excluding hydrogens is 887 g/mol. The zero-order chi connectivity index (χ0) is 52.2. The quantitative estimate of drug-likeness (QED) is 0.0320. The highest BCUT2D eigenvalue weighted by atomic mass is 16.5. The third-order valence-electron chi connectivity index (χ3n) is 14.9. The van der Waals surface area contributed by atoms with Crippen LogP contribution in [-0.2, 0) is 14.3 Å². The summed E-state index contributed by atoms with van der Waals surface area (Å²) in [7, 11) is 0. The van der Waals surface area contributed by atoms with E-state index >= 15 is 0 Å². The van der Waals surface area contributed by atoms with Crippen LogP contribution in [0.5, 0.6) is 0 Å². The summed E-state index contributed by atoms with van der Waals surface area (Å²) in [5.74, 6) is -0.0555. The van der Waals surface area contributed by atoms with Crippen LogP contribution in [-0.4, -0.2) is 47.4 Å². The van der Waals surface area contributed by atoms with Gasteiger partial charge in [0.2, 0.25) is 5.91 Å². The van der Waals surface area contributed by atoms with Crippen LogP contribution in [0.2, 0.25) is 0 Å². The van der Waals surface area contributed by atoms with Crippen LogP contribution in [0, 0.1) is 0 Å². The number of unbranched alkanes of at least 4 members (excludes halogenated alkanes) is 45. The maximum atomic E-state index is 12.5. The third kappa shape index (κ3) is 57.4. The highest BCUT2D eigenvalue weighted by molar-refractivity contribution is 5.76. The van der Waals surface area contributed by atoms with E-state index in [1.165, 1.54) is 276 Å². The molecule has 0 rings (SSSR count). The van der Waals surface area contributed by atoms with E-state index in [2.05, 4.69) is 43.5 Å². The topological polar surface area (TPSA) is 95.9 Å². The highest BCUT2D eigenvalue weighted by Gasteiger charge is 2.18. The fourth-order valence-corrected chi connectivity index (χ4v) is 9.96. The molecule has 0 bridgehead atoms. The van der Waals surface area contributed by atoms with E-state index in [0.717, 1.165) is 44.9 Å². The molecule has 2 atom stereocenters. The summed E-state index contributed by atoms with van der Waals surface area (Å²) >= 11 is 0. The number of carbonyl (C=O) groups is 2. The summed E-state index contributed by atoms with van der Waals surface area (Å²) in [5, 5.41) is 23.1. The zero-order valence-electron chi connectivity index (χ0n) is 48.4. The molecule has 0 fully saturated rings. The Morgan fingerprint density at radius 2 is 0.694 bits per heavy atom. The molecule has 72 heavy (non-hydrogen) atoms. The smallest absolute Gasteiger partial charge is 0.305 e. The molecule has 3 N–H and O–H groups in total. The summed E-state index contributed by atoms with van der Waals surface area (Å²) in [6.45, 7) is 4.91. The minimum absolute atomic E-state index is 0.0124. The molecule has 6 nitrogen and oxygen atoms in total. The van der Waals surface area contributed by atoms with Crippen LogP contribution >= 0.6 is 0 Å². The Morgan fingerprint density at radius 3 is 1.06 bits per heavy atom. The number of aliphatic hydroxyl groups excluding tert-OH is 2. The van der Waals surface area contributed by atoms with Gasteiger partial charge in [-0.2, -0.15) is 0 Å². The van der Waals surface area contributed by atoms with Crippen molar-refractivity contribution in [3.63, 3.8) is 0 Å². The summed E-state index contributed by atoms with van der Waals surface area (Å²) in [4.78, 5) is 24.5. The lowest BCUT2D eigenvalue weighted by atomic mass is 10.0.